The summed E-state index contributed by atoms with van der Waals surface area (Å²) in [6.07, 6.45) is 5.24. The molecule has 0 saturated heterocycles. The molecule has 0 rings (SSSR count). The topological polar surface area (TPSA) is 55.4 Å². The summed E-state index contributed by atoms with van der Waals surface area (Å²) >= 11 is 0. The van der Waals surface area contributed by atoms with Crippen molar-refractivity contribution in [2.24, 2.45) is 0 Å². The summed E-state index contributed by atoms with van der Waals surface area (Å²) in [7, 11) is 0. The summed E-state index contributed by atoms with van der Waals surface area (Å²) in [6.45, 7) is 9.28. The molecule has 1 unspecified atom stereocenters. The van der Waals surface area contributed by atoms with Crippen molar-refractivity contribution in [3.05, 3.63) is 12.2 Å². The summed E-state index contributed by atoms with van der Waals surface area (Å²) in [5, 5.41) is 2.76. The Morgan fingerprint density at radius 2 is 1.89 bits per heavy atom. The maximum atomic E-state index is 11.5. The van der Waals surface area contributed by atoms with Crippen LogP contribution >= 0.6 is 0 Å². The number of carbonyl (C=O) groups is 2. The maximum Gasteiger partial charge on any atom is 0.308 e. The van der Waals surface area contributed by atoms with E-state index in [1.165, 1.54) is 0 Å². The Morgan fingerprint density at radius 1 is 1.28 bits per heavy atom. The van der Waals surface area contributed by atoms with E-state index in [1.54, 1.807) is 6.92 Å². The lowest BCUT2D eigenvalue weighted by Crippen LogP contribution is -2.35. The maximum absolute atomic E-state index is 11.5. The second-order valence-electron chi connectivity index (χ2n) is 5.34. The number of rotatable bonds is 6. The fourth-order valence-electron chi connectivity index (χ4n) is 1.37. The van der Waals surface area contributed by atoms with Gasteiger partial charge in [0.15, 0.2) is 0 Å². The van der Waals surface area contributed by atoms with E-state index in [0.29, 0.717) is 6.42 Å². The average molecular weight is 255 g/mol. The standard InChI is InChI=1S/C14H25NO3/c1-6-7-8-9-12(16)15-11(2)10-13(17)18-14(3,4)5/h7-8,11H,6,9-10H2,1-5H3,(H,15,16)/b8-7-. The van der Waals surface area contributed by atoms with E-state index in [1.807, 2.05) is 39.8 Å². The summed E-state index contributed by atoms with van der Waals surface area (Å²) in [4.78, 5) is 23.0. The van der Waals surface area contributed by atoms with Gasteiger partial charge in [-0.05, 0) is 34.1 Å². The summed E-state index contributed by atoms with van der Waals surface area (Å²) in [6, 6.07) is -0.206. The number of hydrogen-bond donors (Lipinski definition) is 1. The van der Waals surface area contributed by atoms with Gasteiger partial charge in [0, 0.05) is 12.5 Å². The molecular formula is C14H25NO3. The number of amides is 1. The van der Waals surface area contributed by atoms with E-state index in [4.69, 9.17) is 4.74 Å². The van der Waals surface area contributed by atoms with Crippen LogP contribution in [0.4, 0.5) is 0 Å². The highest BCUT2D eigenvalue weighted by Crippen LogP contribution is 2.09. The van der Waals surface area contributed by atoms with Crippen LogP contribution in [0.5, 0.6) is 0 Å². The van der Waals surface area contributed by atoms with Crippen LogP contribution in [0.1, 0.15) is 53.9 Å². The zero-order valence-corrected chi connectivity index (χ0v) is 12.1. The third-order valence-corrected chi connectivity index (χ3v) is 2.01. The molecule has 1 amide bonds. The van der Waals surface area contributed by atoms with Crippen LogP contribution in [0.15, 0.2) is 12.2 Å². The number of carbonyl (C=O) groups excluding carboxylic acids is 2. The SMILES string of the molecule is CC/C=C\CC(=O)NC(C)CC(=O)OC(C)(C)C. The van der Waals surface area contributed by atoms with Gasteiger partial charge < -0.3 is 10.1 Å². The molecule has 0 aliphatic heterocycles. The Balaban J connectivity index is 3.96. The van der Waals surface area contributed by atoms with E-state index >= 15 is 0 Å². The summed E-state index contributed by atoms with van der Waals surface area (Å²) < 4.78 is 5.18. The Bertz CT molecular complexity index is 303. The van der Waals surface area contributed by atoms with Gasteiger partial charge in [-0.25, -0.2) is 0 Å². The van der Waals surface area contributed by atoms with Crippen molar-refractivity contribution in [2.45, 2.75) is 65.5 Å². The number of hydrogen-bond acceptors (Lipinski definition) is 3. The quantitative estimate of drug-likeness (QED) is 0.586. The molecule has 0 bridgehead atoms. The van der Waals surface area contributed by atoms with Crippen molar-refractivity contribution in [2.75, 3.05) is 0 Å². The molecule has 0 saturated carbocycles. The lowest BCUT2D eigenvalue weighted by molar-refractivity contribution is -0.155. The lowest BCUT2D eigenvalue weighted by atomic mass is 10.2. The Morgan fingerprint density at radius 3 is 2.39 bits per heavy atom. The van der Waals surface area contributed by atoms with E-state index in [-0.39, 0.29) is 24.3 Å². The first kappa shape index (κ1) is 16.7. The first-order valence-corrected chi connectivity index (χ1v) is 6.40. The predicted molar refractivity (Wildman–Crippen MR) is 72.1 cm³/mol. The molecule has 4 heteroatoms. The van der Waals surface area contributed by atoms with E-state index in [0.717, 1.165) is 6.42 Å². The van der Waals surface area contributed by atoms with Crippen molar-refractivity contribution in [3.63, 3.8) is 0 Å². The molecular weight excluding hydrogens is 230 g/mol. The molecule has 0 aromatic rings. The van der Waals surface area contributed by atoms with Crippen molar-refractivity contribution < 1.29 is 14.3 Å². The average Bonchev–Trinajstić information content (AvgIpc) is 2.13. The molecule has 0 fully saturated rings. The van der Waals surface area contributed by atoms with Gasteiger partial charge in [0.2, 0.25) is 5.91 Å². The summed E-state index contributed by atoms with van der Waals surface area (Å²) in [5.41, 5.74) is -0.481. The molecule has 0 aromatic heterocycles. The van der Waals surface area contributed by atoms with Gasteiger partial charge >= 0.3 is 5.97 Å². The van der Waals surface area contributed by atoms with E-state index in [2.05, 4.69) is 5.32 Å². The van der Waals surface area contributed by atoms with Crippen molar-refractivity contribution in [1.82, 2.24) is 5.32 Å². The van der Waals surface area contributed by atoms with Gasteiger partial charge in [0.05, 0.1) is 6.42 Å². The highest BCUT2D eigenvalue weighted by atomic mass is 16.6. The molecule has 0 aromatic carbocycles. The minimum absolute atomic E-state index is 0.0734. The molecule has 4 nitrogen and oxygen atoms in total. The van der Waals surface area contributed by atoms with Crippen LogP contribution in [-0.4, -0.2) is 23.5 Å². The minimum Gasteiger partial charge on any atom is -0.460 e. The molecule has 0 radical (unpaired) electrons. The van der Waals surface area contributed by atoms with E-state index in [9.17, 15) is 9.59 Å². The minimum atomic E-state index is -0.481. The lowest BCUT2D eigenvalue weighted by Gasteiger charge is -2.21. The van der Waals surface area contributed by atoms with Crippen LogP contribution in [0, 0.1) is 0 Å². The number of esters is 1. The van der Waals surface area contributed by atoms with Gasteiger partial charge in [-0.2, -0.15) is 0 Å². The van der Waals surface area contributed by atoms with Gasteiger partial charge in [-0.15, -0.1) is 0 Å². The monoisotopic (exact) mass is 255 g/mol. The van der Waals surface area contributed by atoms with E-state index < -0.39 is 5.60 Å². The zero-order valence-electron chi connectivity index (χ0n) is 12.1. The molecule has 18 heavy (non-hydrogen) atoms. The fraction of sp³-hybridized carbons (Fsp3) is 0.714. The van der Waals surface area contributed by atoms with Crippen LogP contribution in [0.3, 0.4) is 0 Å². The Hall–Kier alpha value is -1.32. The van der Waals surface area contributed by atoms with Gasteiger partial charge in [-0.1, -0.05) is 19.1 Å². The van der Waals surface area contributed by atoms with Gasteiger partial charge in [0.1, 0.15) is 5.60 Å². The van der Waals surface area contributed by atoms with Gasteiger partial charge in [-0.3, -0.25) is 9.59 Å². The largest absolute Gasteiger partial charge is 0.460 e. The molecule has 1 N–H and O–H groups in total. The third-order valence-electron chi connectivity index (χ3n) is 2.01. The molecule has 0 spiro atoms. The molecule has 0 heterocycles. The fourth-order valence-corrected chi connectivity index (χ4v) is 1.37. The second kappa shape index (κ2) is 7.90. The number of nitrogens with one attached hydrogen (secondary N) is 1. The van der Waals surface area contributed by atoms with Crippen LogP contribution in [0.2, 0.25) is 0 Å². The van der Waals surface area contributed by atoms with Crippen molar-refractivity contribution in [3.8, 4) is 0 Å². The molecule has 104 valence electrons. The number of allylic oxidation sites excluding steroid dienone is 1. The Labute approximate surface area is 110 Å². The summed E-state index contributed by atoms with van der Waals surface area (Å²) in [5.74, 6) is -0.366. The van der Waals surface area contributed by atoms with Crippen molar-refractivity contribution >= 4 is 11.9 Å². The number of ether oxygens (including phenoxy) is 1. The molecule has 0 aliphatic carbocycles. The highest BCUT2D eigenvalue weighted by Gasteiger charge is 2.18. The zero-order chi connectivity index (χ0) is 14.2. The predicted octanol–water partition coefficient (Wildman–Crippen LogP) is 2.58. The molecule has 1 atom stereocenters. The van der Waals surface area contributed by atoms with Crippen LogP contribution < -0.4 is 5.32 Å². The van der Waals surface area contributed by atoms with Crippen LogP contribution in [0.25, 0.3) is 0 Å². The van der Waals surface area contributed by atoms with Crippen molar-refractivity contribution in [1.29, 1.82) is 0 Å². The van der Waals surface area contributed by atoms with Gasteiger partial charge in [0.25, 0.3) is 0 Å². The smallest absolute Gasteiger partial charge is 0.308 e. The first-order chi connectivity index (χ1) is 8.24. The Kier molecular flexibility index (Phi) is 7.32. The molecule has 0 aliphatic rings. The first-order valence-electron chi connectivity index (χ1n) is 6.40. The third kappa shape index (κ3) is 9.87. The highest BCUT2D eigenvalue weighted by molar-refractivity contribution is 5.78. The van der Waals surface area contributed by atoms with Crippen LogP contribution in [-0.2, 0) is 14.3 Å². The second-order valence-corrected chi connectivity index (χ2v) is 5.34. The normalized spacial score (nSPS) is 13.4.